The largest absolute Gasteiger partial charge is 0.367 e. The van der Waals surface area contributed by atoms with Crippen LogP contribution >= 0.6 is 0 Å². The van der Waals surface area contributed by atoms with Gasteiger partial charge >= 0.3 is 0 Å². The van der Waals surface area contributed by atoms with E-state index in [1.807, 2.05) is 6.92 Å². The first-order chi connectivity index (χ1) is 5.09. The number of hydrogen-bond acceptors (Lipinski definition) is 1. The SMILES string of the molecule is CCCCC(F)C(F)C(N)=O. The summed E-state index contributed by atoms with van der Waals surface area (Å²) in [6, 6.07) is 0. The van der Waals surface area contributed by atoms with Crippen LogP contribution in [0.1, 0.15) is 26.2 Å². The molecule has 0 aliphatic carbocycles. The highest BCUT2D eigenvalue weighted by molar-refractivity contribution is 5.79. The molecule has 0 aromatic rings. The van der Waals surface area contributed by atoms with E-state index in [0.29, 0.717) is 6.42 Å². The zero-order valence-electron chi connectivity index (χ0n) is 6.52. The number of carbonyl (C=O) groups is 1. The first kappa shape index (κ1) is 10.3. The molecule has 0 saturated carbocycles. The van der Waals surface area contributed by atoms with Gasteiger partial charge in [0.15, 0.2) is 0 Å². The summed E-state index contributed by atoms with van der Waals surface area (Å²) in [7, 11) is 0. The topological polar surface area (TPSA) is 43.1 Å². The highest BCUT2D eigenvalue weighted by Gasteiger charge is 2.24. The van der Waals surface area contributed by atoms with Gasteiger partial charge in [-0.1, -0.05) is 19.8 Å². The van der Waals surface area contributed by atoms with E-state index in [0.717, 1.165) is 6.42 Å². The van der Waals surface area contributed by atoms with Gasteiger partial charge in [-0.25, -0.2) is 8.78 Å². The number of rotatable bonds is 5. The fraction of sp³-hybridized carbons (Fsp3) is 0.857. The van der Waals surface area contributed by atoms with Crippen molar-refractivity contribution in [3.63, 3.8) is 0 Å². The minimum atomic E-state index is -2.14. The summed E-state index contributed by atoms with van der Waals surface area (Å²) in [6.45, 7) is 1.87. The summed E-state index contributed by atoms with van der Waals surface area (Å²) in [4.78, 5) is 10.1. The number of nitrogens with two attached hydrogens (primary N) is 1. The van der Waals surface area contributed by atoms with Crippen molar-refractivity contribution >= 4 is 5.91 Å². The molecule has 0 spiro atoms. The maximum Gasteiger partial charge on any atom is 0.255 e. The van der Waals surface area contributed by atoms with Gasteiger partial charge in [0.25, 0.3) is 5.91 Å². The van der Waals surface area contributed by atoms with Crippen molar-refractivity contribution in [2.24, 2.45) is 5.73 Å². The molecule has 66 valence electrons. The Morgan fingerprint density at radius 3 is 2.45 bits per heavy atom. The summed E-state index contributed by atoms with van der Waals surface area (Å²) < 4.78 is 25.0. The second-order valence-corrected chi connectivity index (χ2v) is 2.46. The van der Waals surface area contributed by atoms with Crippen LogP contribution in [0.5, 0.6) is 0 Å². The smallest absolute Gasteiger partial charge is 0.255 e. The van der Waals surface area contributed by atoms with Crippen LogP contribution in [0.15, 0.2) is 0 Å². The maximum absolute atomic E-state index is 12.6. The molecule has 4 heteroatoms. The summed E-state index contributed by atoms with van der Waals surface area (Å²) in [5.41, 5.74) is 4.55. The minimum Gasteiger partial charge on any atom is -0.367 e. The third kappa shape index (κ3) is 3.91. The number of carbonyl (C=O) groups excluding carboxylic acids is 1. The number of unbranched alkanes of at least 4 members (excludes halogenated alkanes) is 1. The van der Waals surface area contributed by atoms with E-state index >= 15 is 0 Å². The monoisotopic (exact) mass is 165 g/mol. The van der Waals surface area contributed by atoms with E-state index in [9.17, 15) is 13.6 Å². The van der Waals surface area contributed by atoms with E-state index in [2.05, 4.69) is 5.73 Å². The van der Waals surface area contributed by atoms with Crippen molar-refractivity contribution in [3.05, 3.63) is 0 Å². The second kappa shape index (κ2) is 5.04. The average Bonchev–Trinajstić information content (AvgIpc) is 1.98. The Balaban J connectivity index is 3.63. The third-order valence-electron chi connectivity index (χ3n) is 1.42. The Morgan fingerprint density at radius 1 is 1.55 bits per heavy atom. The summed E-state index contributed by atoms with van der Waals surface area (Å²) in [6.07, 6.45) is -2.43. The fourth-order valence-electron chi connectivity index (χ4n) is 0.724. The van der Waals surface area contributed by atoms with Crippen LogP contribution in [0.3, 0.4) is 0 Å². The quantitative estimate of drug-likeness (QED) is 0.656. The molecule has 0 aromatic heterocycles. The lowest BCUT2D eigenvalue weighted by atomic mass is 10.1. The molecule has 0 aliphatic heterocycles. The van der Waals surface area contributed by atoms with Crippen molar-refractivity contribution in [2.45, 2.75) is 38.5 Å². The maximum atomic E-state index is 12.6. The molecule has 0 heterocycles. The Morgan fingerprint density at radius 2 is 2.09 bits per heavy atom. The molecule has 2 unspecified atom stereocenters. The van der Waals surface area contributed by atoms with Crippen LogP contribution in [0.25, 0.3) is 0 Å². The Kier molecular flexibility index (Phi) is 4.74. The molecule has 2 N–H and O–H groups in total. The lowest BCUT2D eigenvalue weighted by molar-refractivity contribution is -0.125. The predicted octanol–water partition coefficient (Wildman–Crippen LogP) is 1.34. The number of primary amides is 1. The molecule has 2 nitrogen and oxygen atoms in total. The Bertz CT molecular complexity index is 130. The predicted molar refractivity (Wildman–Crippen MR) is 38.5 cm³/mol. The van der Waals surface area contributed by atoms with Crippen LogP contribution in [-0.4, -0.2) is 18.3 Å². The van der Waals surface area contributed by atoms with Crippen molar-refractivity contribution in [2.75, 3.05) is 0 Å². The van der Waals surface area contributed by atoms with Crippen LogP contribution in [0, 0.1) is 0 Å². The molecule has 0 saturated heterocycles. The van der Waals surface area contributed by atoms with E-state index < -0.39 is 18.3 Å². The molecular formula is C7H13F2NO. The average molecular weight is 165 g/mol. The lowest BCUT2D eigenvalue weighted by Gasteiger charge is -2.08. The highest BCUT2D eigenvalue weighted by Crippen LogP contribution is 2.11. The zero-order chi connectivity index (χ0) is 8.85. The third-order valence-corrected chi connectivity index (χ3v) is 1.42. The normalized spacial score (nSPS) is 15.9. The lowest BCUT2D eigenvalue weighted by Crippen LogP contribution is -2.32. The van der Waals surface area contributed by atoms with Crippen molar-refractivity contribution in [1.29, 1.82) is 0 Å². The molecule has 2 atom stereocenters. The Hall–Kier alpha value is -0.670. The molecule has 0 radical (unpaired) electrons. The van der Waals surface area contributed by atoms with Crippen molar-refractivity contribution in [1.82, 2.24) is 0 Å². The van der Waals surface area contributed by atoms with Crippen LogP contribution < -0.4 is 5.73 Å². The summed E-state index contributed by atoms with van der Waals surface area (Å²) in [5.74, 6) is -1.21. The second-order valence-electron chi connectivity index (χ2n) is 2.46. The van der Waals surface area contributed by atoms with Crippen LogP contribution in [0.2, 0.25) is 0 Å². The van der Waals surface area contributed by atoms with Gasteiger partial charge in [0.1, 0.15) is 6.17 Å². The van der Waals surface area contributed by atoms with E-state index in [4.69, 9.17) is 0 Å². The first-order valence-corrected chi connectivity index (χ1v) is 3.67. The summed E-state index contributed by atoms with van der Waals surface area (Å²) in [5, 5.41) is 0. The molecule has 0 aliphatic rings. The van der Waals surface area contributed by atoms with Gasteiger partial charge in [-0.2, -0.15) is 0 Å². The van der Waals surface area contributed by atoms with Gasteiger partial charge < -0.3 is 5.73 Å². The molecular weight excluding hydrogens is 152 g/mol. The van der Waals surface area contributed by atoms with Gasteiger partial charge in [0, 0.05) is 0 Å². The number of halogens is 2. The fourth-order valence-corrected chi connectivity index (χ4v) is 0.724. The molecule has 0 rings (SSSR count). The van der Waals surface area contributed by atoms with Crippen molar-refractivity contribution in [3.8, 4) is 0 Å². The Labute approximate surface area is 64.8 Å². The molecule has 1 amide bonds. The van der Waals surface area contributed by atoms with Crippen molar-refractivity contribution < 1.29 is 13.6 Å². The van der Waals surface area contributed by atoms with E-state index in [-0.39, 0.29) is 6.42 Å². The van der Waals surface area contributed by atoms with Crippen LogP contribution in [0.4, 0.5) is 8.78 Å². The first-order valence-electron chi connectivity index (χ1n) is 3.67. The molecule has 0 fully saturated rings. The number of hydrogen-bond donors (Lipinski definition) is 1. The standard InChI is InChI=1S/C7H13F2NO/c1-2-3-4-5(8)6(9)7(10)11/h5-6H,2-4H2,1H3,(H2,10,11). The molecule has 0 bridgehead atoms. The van der Waals surface area contributed by atoms with Gasteiger partial charge in [-0.15, -0.1) is 0 Å². The summed E-state index contributed by atoms with van der Waals surface area (Å²) >= 11 is 0. The number of alkyl halides is 2. The van der Waals surface area contributed by atoms with Gasteiger partial charge in [-0.3, -0.25) is 4.79 Å². The van der Waals surface area contributed by atoms with Crippen LogP contribution in [-0.2, 0) is 4.79 Å². The van der Waals surface area contributed by atoms with Gasteiger partial charge in [0.2, 0.25) is 6.17 Å². The highest BCUT2D eigenvalue weighted by atomic mass is 19.2. The van der Waals surface area contributed by atoms with Gasteiger partial charge in [-0.05, 0) is 6.42 Å². The molecule has 11 heavy (non-hydrogen) atoms. The van der Waals surface area contributed by atoms with E-state index in [1.165, 1.54) is 0 Å². The molecule has 0 aromatic carbocycles. The zero-order valence-corrected chi connectivity index (χ0v) is 6.52. The number of amides is 1. The van der Waals surface area contributed by atoms with E-state index in [1.54, 1.807) is 0 Å². The van der Waals surface area contributed by atoms with Gasteiger partial charge in [0.05, 0.1) is 0 Å². The minimum absolute atomic E-state index is 0.0700.